The molecule has 2 aromatic carbocycles. The number of halogens is 2. The summed E-state index contributed by atoms with van der Waals surface area (Å²) in [7, 11) is 0. The second kappa shape index (κ2) is 7.45. The Morgan fingerprint density at radius 2 is 1.68 bits per heavy atom. The van der Waals surface area contributed by atoms with Gasteiger partial charge >= 0.3 is 0 Å². The van der Waals surface area contributed by atoms with Crippen LogP contribution in [0, 0.1) is 11.6 Å². The highest BCUT2D eigenvalue weighted by molar-refractivity contribution is 5.57. The van der Waals surface area contributed by atoms with Crippen molar-refractivity contribution in [2.45, 2.75) is 0 Å². The Bertz CT molecular complexity index is 1440. The maximum Gasteiger partial charge on any atom is 0.209 e. The average Bonchev–Trinajstić information content (AvgIpc) is 3.44. The van der Waals surface area contributed by atoms with E-state index in [0.29, 0.717) is 11.4 Å². The van der Waals surface area contributed by atoms with Crippen LogP contribution in [0.5, 0.6) is 0 Å². The SMILES string of the molecule is O=c1ccn(-c2ccc(-n3cc(F)cn3)cc2F)nc1-c1ccnn1-c1ccccc1. The van der Waals surface area contributed by atoms with Gasteiger partial charge in [-0.15, -0.1) is 0 Å². The third kappa shape index (κ3) is 3.42. The molecule has 0 saturated carbocycles. The van der Waals surface area contributed by atoms with Crippen molar-refractivity contribution in [2.24, 2.45) is 0 Å². The topological polar surface area (TPSA) is 70.5 Å². The average molecular weight is 416 g/mol. The first-order valence-electron chi connectivity index (χ1n) is 9.30. The number of benzene rings is 2. The van der Waals surface area contributed by atoms with Crippen molar-refractivity contribution >= 4 is 0 Å². The van der Waals surface area contributed by atoms with Gasteiger partial charge in [0.15, 0.2) is 17.3 Å². The van der Waals surface area contributed by atoms with Crippen LogP contribution in [0.2, 0.25) is 0 Å². The van der Waals surface area contributed by atoms with E-state index in [2.05, 4.69) is 15.3 Å². The Labute approximate surface area is 174 Å². The van der Waals surface area contributed by atoms with Gasteiger partial charge in [0.25, 0.3) is 0 Å². The summed E-state index contributed by atoms with van der Waals surface area (Å²) in [5, 5.41) is 12.5. The minimum atomic E-state index is -0.605. The Balaban J connectivity index is 1.58. The predicted molar refractivity (Wildman–Crippen MR) is 109 cm³/mol. The minimum absolute atomic E-state index is 0.126. The Morgan fingerprint density at radius 1 is 0.839 bits per heavy atom. The Kier molecular flexibility index (Phi) is 4.47. The van der Waals surface area contributed by atoms with Gasteiger partial charge in [0, 0.05) is 18.3 Å². The van der Waals surface area contributed by atoms with Gasteiger partial charge in [-0.25, -0.2) is 22.8 Å². The van der Waals surface area contributed by atoms with E-state index in [9.17, 15) is 13.6 Å². The van der Waals surface area contributed by atoms with Crippen LogP contribution in [0.15, 0.2) is 90.2 Å². The molecular weight excluding hydrogens is 402 g/mol. The van der Waals surface area contributed by atoms with E-state index in [0.717, 1.165) is 18.1 Å². The molecule has 7 nitrogen and oxygen atoms in total. The largest absolute Gasteiger partial charge is 0.287 e. The van der Waals surface area contributed by atoms with E-state index in [1.54, 1.807) is 23.0 Å². The first-order valence-corrected chi connectivity index (χ1v) is 9.30. The zero-order chi connectivity index (χ0) is 21.4. The van der Waals surface area contributed by atoms with Crippen molar-refractivity contribution in [3.63, 3.8) is 0 Å². The van der Waals surface area contributed by atoms with Gasteiger partial charge in [-0.2, -0.15) is 15.3 Å². The summed E-state index contributed by atoms with van der Waals surface area (Å²) in [6, 6.07) is 16.6. The second-order valence-corrected chi connectivity index (χ2v) is 6.68. The van der Waals surface area contributed by atoms with Crippen LogP contribution in [0.3, 0.4) is 0 Å². The molecule has 0 N–H and O–H groups in total. The minimum Gasteiger partial charge on any atom is -0.287 e. The lowest BCUT2D eigenvalue weighted by atomic mass is 10.2. The molecule has 0 aliphatic heterocycles. The molecule has 0 aliphatic carbocycles. The molecule has 31 heavy (non-hydrogen) atoms. The Hall–Kier alpha value is -4.40. The molecule has 5 rings (SSSR count). The van der Waals surface area contributed by atoms with Crippen molar-refractivity contribution in [1.29, 1.82) is 0 Å². The van der Waals surface area contributed by atoms with Crippen LogP contribution in [0.1, 0.15) is 0 Å². The molecule has 0 spiro atoms. The van der Waals surface area contributed by atoms with Gasteiger partial charge < -0.3 is 0 Å². The number of aromatic nitrogens is 6. The zero-order valence-corrected chi connectivity index (χ0v) is 15.9. The quantitative estimate of drug-likeness (QED) is 0.449. The van der Waals surface area contributed by atoms with Gasteiger partial charge in [0.1, 0.15) is 5.69 Å². The van der Waals surface area contributed by atoms with E-state index in [1.165, 1.54) is 33.8 Å². The van der Waals surface area contributed by atoms with Gasteiger partial charge in [0.2, 0.25) is 5.43 Å². The van der Waals surface area contributed by atoms with Gasteiger partial charge in [0.05, 0.1) is 35.7 Å². The first kappa shape index (κ1) is 18.6. The van der Waals surface area contributed by atoms with Crippen LogP contribution in [0.25, 0.3) is 28.5 Å². The van der Waals surface area contributed by atoms with E-state index >= 15 is 0 Å². The van der Waals surface area contributed by atoms with E-state index in [-0.39, 0.29) is 16.8 Å². The molecule has 3 aromatic heterocycles. The van der Waals surface area contributed by atoms with Crippen LogP contribution in [0.4, 0.5) is 8.78 Å². The summed E-state index contributed by atoms with van der Waals surface area (Å²) in [5.41, 5.74) is 1.53. The maximum absolute atomic E-state index is 14.9. The van der Waals surface area contributed by atoms with Crippen LogP contribution in [-0.2, 0) is 0 Å². The van der Waals surface area contributed by atoms with Crippen LogP contribution >= 0.6 is 0 Å². The van der Waals surface area contributed by atoms with Crippen molar-refractivity contribution < 1.29 is 8.78 Å². The first-order chi connectivity index (χ1) is 15.1. The van der Waals surface area contributed by atoms with Crippen molar-refractivity contribution in [1.82, 2.24) is 29.3 Å². The third-order valence-corrected chi connectivity index (χ3v) is 4.69. The molecular formula is C22H14F2N6O. The molecule has 5 aromatic rings. The molecule has 0 aliphatic rings. The van der Waals surface area contributed by atoms with Gasteiger partial charge in [-0.1, -0.05) is 18.2 Å². The Morgan fingerprint density at radius 3 is 2.42 bits per heavy atom. The van der Waals surface area contributed by atoms with Crippen molar-refractivity contribution in [2.75, 3.05) is 0 Å². The molecule has 3 heterocycles. The van der Waals surface area contributed by atoms with Crippen molar-refractivity contribution in [3.05, 3.63) is 107 Å². The molecule has 0 unspecified atom stereocenters. The predicted octanol–water partition coefficient (Wildman–Crippen LogP) is 3.55. The number of hydrogen-bond acceptors (Lipinski definition) is 4. The normalized spacial score (nSPS) is 11.0. The van der Waals surface area contributed by atoms with E-state index < -0.39 is 11.6 Å². The maximum atomic E-state index is 14.9. The molecule has 0 bridgehead atoms. The van der Waals surface area contributed by atoms with Gasteiger partial charge in [-0.3, -0.25) is 4.79 Å². The summed E-state index contributed by atoms with van der Waals surface area (Å²) in [6.07, 6.45) is 5.15. The molecule has 0 fully saturated rings. The highest BCUT2D eigenvalue weighted by Crippen LogP contribution is 2.20. The molecule has 0 saturated heterocycles. The summed E-state index contributed by atoms with van der Waals surface area (Å²) >= 11 is 0. The number of hydrogen-bond donors (Lipinski definition) is 0. The lowest BCUT2D eigenvalue weighted by molar-refractivity contribution is 0.606. The van der Waals surface area contributed by atoms with Crippen LogP contribution in [-0.4, -0.2) is 29.3 Å². The summed E-state index contributed by atoms with van der Waals surface area (Å²) < 4.78 is 32.2. The zero-order valence-electron chi connectivity index (χ0n) is 15.9. The monoisotopic (exact) mass is 416 g/mol. The standard InChI is InChI=1S/C22H14F2N6O/c23-15-13-26-29(14-15)17-6-7-19(18(24)12-17)28-11-9-21(31)22(27-28)20-8-10-25-30(20)16-4-2-1-3-5-16/h1-14H. The molecule has 0 radical (unpaired) electrons. The van der Waals surface area contributed by atoms with Crippen molar-refractivity contribution in [3.8, 4) is 28.5 Å². The number of nitrogens with zero attached hydrogens (tertiary/aromatic N) is 6. The summed E-state index contributed by atoms with van der Waals surface area (Å²) in [6.45, 7) is 0. The lowest BCUT2D eigenvalue weighted by Gasteiger charge is -2.11. The summed E-state index contributed by atoms with van der Waals surface area (Å²) in [4.78, 5) is 12.6. The highest BCUT2D eigenvalue weighted by atomic mass is 19.1. The fourth-order valence-corrected chi connectivity index (χ4v) is 3.24. The molecule has 0 atom stereocenters. The highest BCUT2D eigenvalue weighted by Gasteiger charge is 2.15. The molecule has 152 valence electrons. The fourth-order valence-electron chi connectivity index (χ4n) is 3.24. The van der Waals surface area contributed by atoms with E-state index in [1.807, 2.05) is 30.3 Å². The lowest BCUT2D eigenvalue weighted by Crippen LogP contribution is -2.15. The van der Waals surface area contributed by atoms with Gasteiger partial charge in [-0.05, 0) is 30.3 Å². The number of rotatable bonds is 4. The fraction of sp³-hybridized carbons (Fsp3) is 0. The van der Waals surface area contributed by atoms with E-state index in [4.69, 9.17) is 0 Å². The molecule has 0 amide bonds. The van der Waals surface area contributed by atoms with Crippen LogP contribution < -0.4 is 5.43 Å². The summed E-state index contributed by atoms with van der Waals surface area (Å²) in [5.74, 6) is -1.13. The third-order valence-electron chi connectivity index (χ3n) is 4.69. The second-order valence-electron chi connectivity index (χ2n) is 6.68. The number of para-hydroxylation sites is 1. The molecule has 9 heteroatoms. The smallest absolute Gasteiger partial charge is 0.209 e.